The van der Waals surface area contributed by atoms with Gasteiger partial charge in [-0.25, -0.2) is 0 Å². The largest absolute Gasteiger partial charge is 0.466 e. The van der Waals surface area contributed by atoms with Gasteiger partial charge in [-0.1, -0.05) is 19.1 Å². The molecule has 0 saturated carbocycles. The minimum absolute atomic E-state index is 0.000919. The molecule has 0 aromatic heterocycles. The minimum atomic E-state index is -0.303. The van der Waals surface area contributed by atoms with Crippen LogP contribution >= 0.6 is 0 Å². The van der Waals surface area contributed by atoms with Crippen molar-refractivity contribution in [3.05, 3.63) is 29.8 Å². The molecule has 2 aliphatic heterocycles. The maximum absolute atomic E-state index is 12.9. The van der Waals surface area contributed by atoms with Crippen LogP contribution in [0.15, 0.2) is 24.3 Å². The predicted molar refractivity (Wildman–Crippen MR) is 102 cm³/mol. The number of anilines is 1. The highest BCUT2D eigenvalue weighted by atomic mass is 16.5. The van der Waals surface area contributed by atoms with Gasteiger partial charge < -0.3 is 14.5 Å². The zero-order chi connectivity index (χ0) is 19.4. The number of carbonyl (C=O) groups excluding carboxylic acids is 3. The van der Waals surface area contributed by atoms with Gasteiger partial charge in [-0.15, -0.1) is 0 Å². The molecule has 2 saturated heterocycles. The van der Waals surface area contributed by atoms with Crippen LogP contribution in [0.3, 0.4) is 0 Å². The van der Waals surface area contributed by atoms with E-state index in [0.29, 0.717) is 39.1 Å². The topological polar surface area (TPSA) is 66.9 Å². The zero-order valence-corrected chi connectivity index (χ0v) is 16.1. The lowest BCUT2D eigenvalue weighted by Gasteiger charge is -2.32. The Hall–Kier alpha value is -2.37. The van der Waals surface area contributed by atoms with Crippen LogP contribution in [-0.2, 0) is 25.5 Å². The standard InChI is InChI=1S/C21H28N2O4/c1-3-15-5-7-18(8-6-15)23-14-17(13-19(23)24)20(25)22-11-9-16(10-12-22)21(26)27-4-2/h5-8,16-17H,3-4,9-14H2,1-2H3/t17-/m0/s1. The minimum Gasteiger partial charge on any atom is -0.466 e. The van der Waals surface area contributed by atoms with E-state index in [9.17, 15) is 14.4 Å². The van der Waals surface area contributed by atoms with E-state index < -0.39 is 0 Å². The van der Waals surface area contributed by atoms with Gasteiger partial charge in [0.25, 0.3) is 0 Å². The first-order valence-corrected chi connectivity index (χ1v) is 9.88. The van der Waals surface area contributed by atoms with Gasteiger partial charge in [0.15, 0.2) is 0 Å². The molecular weight excluding hydrogens is 344 g/mol. The van der Waals surface area contributed by atoms with Gasteiger partial charge in [0, 0.05) is 31.7 Å². The molecule has 0 spiro atoms. The highest BCUT2D eigenvalue weighted by Gasteiger charge is 2.38. The molecule has 146 valence electrons. The third-order valence-corrected chi connectivity index (χ3v) is 5.56. The summed E-state index contributed by atoms with van der Waals surface area (Å²) < 4.78 is 5.08. The molecule has 1 atom stereocenters. The molecule has 6 nitrogen and oxygen atoms in total. The Bertz CT molecular complexity index is 693. The van der Waals surface area contributed by atoms with Crippen molar-refractivity contribution < 1.29 is 19.1 Å². The fourth-order valence-corrected chi connectivity index (χ4v) is 3.89. The number of ether oxygens (including phenoxy) is 1. The van der Waals surface area contributed by atoms with Crippen molar-refractivity contribution in [3.63, 3.8) is 0 Å². The monoisotopic (exact) mass is 372 g/mol. The highest BCUT2D eigenvalue weighted by Crippen LogP contribution is 2.28. The third-order valence-electron chi connectivity index (χ3n) is 5.56. The first kappa shape index (κ1) is 19.4. The molecule has 0 unspecified atom stereocenters. The van der Waals surface area contributed by atoms with Gasteiger partial charge in [-0.2, -0.15) is 0 Å². The summed E-state index contributed by atoms with van der Waals surface area (Å²) in [6.07, 6.45) is 2.48. The van der Waals surface area contributed by atoms with E-state index in [1.807, 2.05) is 24.3 Å². The number of carbonyl (C=O) groups is 3. The average molecular weight is 372 g/mol. The number of piperidine rings is 1. The summed E-state index contributed by atoms with van der Waals surface area (Å²) in [6.45, 7) is 5.82. The van der Waals surface area contributed by atoms with Gasteiger partial charge in [0.05, 0.1) is 18.4 Å². The zero-order valence-electron chi connectivity index (χ0n) is 16.1. The normalized spacial score (nSPS) is 20.8. The van der Waals surface area contributed by atoms with Crippen LogP contribution in [0, 0.1) is 11.8 Å². The molecule has 2 fully saturated rings. The second kappa shape index (κ2) is 8.55. The Morgan fingerprint density at radius 1 is 1.07 bits per heavy atom. The van der Waals surface area contributed by atoms with Crippen LogP contribution < -0.4 is 4.90 Å². The lowest BCUT2D eigenvalue weighted by atomic mass is 9.95. The van der Waals surface area contributed by atoms with Crippen LogP contribution in [0.1, 0.15) is 38.7 Å². The van der Waals surface area contributed by atoms with Crippen LogP contribution in [0.2, 0.25) is 0 Å². The maximum Gasteiger partial charge on any atom is 0.309 e. The third kappa shape index (κ3) is 4.31. The van der Waals surface area contributed by atoms with E-state index >= 15 is 0 Å². The SMILES string of the molecule is CCOC(=O)C1CCN(C(=O)[C@H]2CC(=O)N(c3ccc(CC)cc3)C2)CC1. The Morgan fingerprint density at radius 3 is 2.33 bits per heavy atom. The number of esters is 1. The second-order valence-corrected chi connectivity index (χ2v) is 7.28. The molecule has 2 aliphatic rings. The summed E-state index contributed by atoms with van der Waals surface area (Å²) in [6, 6.07) is 7.96. The number of hydrogen-bond donors (Lipinski definition) is 0. The van der Waals surface area contributed by atoms with Crippen molar-refractivity contribution in [2.24, 2.45) is 11.8 Å². The van der Waals surface area contributed by atoms with Crippen molar-refractivity contribution in [2.75, 3.05) is 31.1 Å². The smallest absolute Gasteiger partial charge is 0.309 e. The molecule has 0 bridgehead atoms. The molecule has 0 N–H and O–H groups in total. The van der Waals surface area contributed by atoms with Gasteiger partial charge in [0.1, 0.15) is 0 Å². The first-order valence-electron chi connectivity index (χ1n) is 9.88. The molecule has 2 heterocycles. The van der Waals surface area contributed by atoms with Crippen LogP contribution in [0.4, 0.5) is 5.69 Å². The molecule has 1 aromatic carbocycles. The number of rotatable bonds is 5. The fourth-order valence-electron chi connectivity index (χ4n) is 3.89. The van der Waals surface area contributed by atoms with Gasteiger partial charge in [0.2, 0.25) is 11.8 Å². The van der Waals surface area contributed by atoms with Crippen molar-refractivity contribution in [1.29, 1.82) is 0 Å². The Balaban J connectivity index is 1.57. The summed E-state index contributed by atoms with van der Waals surface area (Å²) in [5.74, 6) is -0.560. The highest BCUT2D eigenvalue weighted by molar-refractivity contribution is 6.00. The molecule has 27 heavy (non-hydrogen) atoms. The number of nitrogens with zero attached hydrogens (tertiary/aromatic N) is 2. The summed E-state index contributed by atoms with van der Waals surface area (Å²) in [7, 11) is 0. The molecule has 1 aromatic rings. The summed E-state index contributed by atoms with van der Waals surface area (Å²) in [5.41, 5.74) is 2.08. The molecule has 0 aliphatic carbocycles. The molecule has 3 rings (SSSR count). The first-order chi connectivity index (χ1) is 13.0. The van der Waals surface area contributed by atoms with Gasteiger partial charge in [-0.05, 0) is 43.9 Å². The van der Waals surface area contributed by atoms with E-state index in [-0.39, 0.29) is 36.0 Å². The Labute approximate surface area is 160 Å². The van der Waals surface area contributed by atoms with E-state index in [1.54, 1.807) is 16.7 Å². The lowest BCUT2D eigenvalue weighted by Crippen LogP contribution is -2.44. The average Bonchev–Trinajstić information content (AvgIpc) is 3.09. The number of likely N-dealkylation sites (tertiary alicyclic amines) is 1. The molecule has 6 heteroatoms. The van der Waals surface area contributed by atoms with Crippen molar-refractivity contribution in [2.45, 2.75) is 39.5 Å². The van der Waals surface area contributed by atoms with E-state index in [2.05, 4.69) is 6.92 Å². The predicted octanol–water partition coefficient (Wildman–Crippen LogP) is 2.40. The Kier molecular flexibility index (Phi) is 6.14. The molecule has 2 amide bonds. The summed E-state index contributed by atoms with van der Waals surface area (Å²) in [4.78, 5) is 40.7. The summed E-state index contributed by atoms with van der Waals surface area (Å²) >= 11 is 0. The molecule has 0 radical (unpaired) electrons. The van der Waals surface area contributed by atoms with E-state index in [1.165, 1.54) is 5.56 Å². The van der Waals surface area contributed by atoms with Crippen molar-refractivity contribution >= 4 is 23.5 Å². The van der Waals surface area contributed by atoms with E-state index in [0.717, 1.165) is 12.1 Å². The van der Waals surface area contributed by atoms with Gasteiger partial charge >= 0.3 is 5.97 Å². The quantitative estimate of drug-likeness (QED) is 0.745. The number of benzene rings is 1. The maximum atomic E-state index is 12.9. The lowest BCUT2D eigenvalue weighted by molar-refractivity contribution is -0.151. The van der Waals surface area contributed by atoms with Crippen molar-refractivity contribution in [1.82, 2.24) is 4.90 Å². The summed E-state index contributed by atoms with van der Waals surface area (Å²) in [5, 5.41) is 0. The number of hydrogen-bond acceptors (Lipinski definition) is 4. The number of aryl methyl sites for hydroxylation is 1. The van der Waals surface area contributed by atoms with Crippen LogP contribution in [0.5, 0.6) is 0 Å². The number of amides is 2. The second-order valence-electron chi connectivity index (χ2n) is 7.28. The van der Waals surface area contributed by atoms with Crippen molar-refractivity contribution in [3.8, 4) is 0 Å². The van der Waals surface area contributed by atoms with Crippen LogP contribution in [0.25, 0.3) is 0 Å². The Morgan fingerprint density at radius 2 is 1.74 bits per heavy atom. The van der Waals surface area contributed by atoms with Crippen LogP contribution in [-0.4, -0.2) is 48.9 Å². The molecular formula is C21H28N2O4. The van der Waals surface area contributed by atoms with Gasteiger partial charge in [-0.3, -0.25) is 14.4 Å². The fraction of sp³-hybridized carbons (Fsp3) is 0.571. The van der Waals surface area contributed by atoms with E-state index in [4.69, 9.17) is 4.74 Å².